The van der Waals surface area contributed by atoms with E-state index in [-0.39, 0.29) is 37.8 Å². The fourth-order valence-electron chi connectivity index (χ4n) is 3.23. The Labute approximate surface area is 169 Å². The molecule has 1 aromatic carbocycles. The molecule has 2 heterocycles. The summed E-state index contributed by atoms with van der Waals surface area (Å²) in [6.07, 6.45) is 0. The number of aryl methyl sites for hydroxylation is 1. The van der Waals surface area contributed by atoms with Gasteiger partial charge < -0.3 is 4.74 Å². The van der Waals surface area contributed by atoms with Crippen LogP contribution in [0.4, 0.5) is 4.79 Å². The van der Waals surface area contributed by atoms with Gasteiger partial charge in [-0.1, -0.05) is 17.7 Å². The highest BCUT2D eigenvalue weighted by atomic mass is 32.2. The first-order valence-electron chi connectivity index (χ1n) is 9.21. The van der Waals surface area contributed by atoms with Crippen molar-refractivity contribution in [1.29, 1.82) is 0 Å². The maximum atomic E-state index is 12.8. The van der Waals surface area contributed by atoms with Gasteiger partial charge in [-0.05, 0) is 19.1 Å². The second-order valence-corrected chi connectivity index (χ2v) is 8.88. The molecule has 0 spiro atoms. The molecular formula is C18H24N4O6S. The third-order valence-corrected chi connectivity index (χ3v) is 6.90. The summed E-state index contributed by atoms with van der Waals surface area (Å²) in [5.41, 5.74) is 0.975. The molecular weight excluding hydrogens is 400 g/mol. The molecule has 2 fully saturated rings. The first kappa shape index (κ1) is 21.4. The molecule has 0 atom stereocenters. The Morgan fingerprint density at radius 1 is 0.931 bits per heavy atom. The quantitative estimate of drug-likeness (QED) is 0.437. The largest absolute Gasteiger partial charge is 0.383 e. The molecule has 0 aromatic heterocycles. The SMILES string of the molecule is COCCN1C(=O)C(=O)N(CN2CCN(S(=O)(=O)c3ccc(C)cc3)CC2)C1=O. The maximum absolute atomic E-state index is 12.8. The summed E-state index contributed by atoms with van der Waals surface area (Å²) < 4.78 is 31.8. The molecule has 2 saturated heterocycles. The van der Waals surface area contributed by atoms with Crippen LogP contribution in [0.2, 0.25) is 0 Å². The van der Waals surface area contributed by atoms with Crippen molar-refractivity contribution in [3.63, 3.8) is 0 Å². The van der Waals surface area contributed by atoms with Gasteiger partial charge in [-0.25, -0.2) is 18.1 Å². The lowest BCUT2D eigenvalue weighted by atomic mass is 10.2. The Kier molecular flexibility index (Phi) is 6.32. The number of hydrogen-bond acceptors (Lipinski definition) is 7. The Balaban J connectivity index is 1.60. The maximum Gasteiger partial charge on any atom is 0.335 e. The lowest BCUT2D eigenvalue weighted by Crippen LogP contribution is -2.52. The predicted molar refractivity (Wildman–Crippen MR) is 102 cm³/mol. The summed E-state index contributed by atoms with van der Waals surface area (Å²) in [6.45, 7) is 3.14. The molecule has 3 rings (SSSR count). The highest BCUT2D eigenvalue weighted by molar-refractivity contribution is 7.89. The molecule has 1 aromatic rings. The Morgan fingerprint density at radius 2 is 1.52 bits per heavy atom. The summed E-state index contributed by atoms with van der Waals surface area (Å²) >= 11 is 0. The van der Waals surface area contributed by atoms with Gasteiger partial charge in [0.05, 0.1) is 24.7 Å². The van der Waals surface area contributed by atoms with Crippen LogP contribution in [0.25, 0.3) is 0 Å². The highest BCUT2D eigenvalue weighted by Gasteiger charge is 2.45. The Bertz CT molecular complexity index is 893. The number of rotatable bonds is 7. The number of carbonyl (C=O) groups is 3. The number of imide groups is 2. The van der Waals surface area contributed by atoms with Gasteiger partial charge in [-0.3, -0.25) is 19.4 Å². The van der Waals surface area contributed by atoms with Crippen LogP contribution in [-0.2, 0) is 24.3 Å². The van der Waals surface area contributed by atoms with Crippen molar-refractivity contribution in [3.8, 4) is 0 Å². The number of ether oxygens (including phenoxy) is 1. The average molecular weight is 424 g/mol. The van der Waals surface area contributed by atoms with Gasteiger partial charge in [0.2, 0.25) is 10.0 Å². The van der Waals surface area contributed by atoms with Crippen molar-refractivity contribution >= 4 is 27.9 Å². The zero-order chi connectivity index (χ0) is 21.2. The standard InChI is InChI=1S/C18H24N4O6S/c1-14-3-5-15(6-4-14)29(26,27)20-9-7-19(8-10-20)13-22-17(24)16(23)21(18(22)25)11-12-28-2/h3-6H,7-13H2,1-2H3. The van der Waals surface area contributed by atoms with Crippen molar-refractivity contribution in [2.24, 2.45) is 0 Å². The van der Waals surface area contributed by atoms with Crippen molar-refractivity contribution in [3.05, 3.63) is 29.8 Å². The third kappa shape index (κ3) is 4.32. The van der Waals surface area contributed by atoms with E-state index >= 15 is 0 Å². The van der Waals surface area contributed by atoms with Crippen LogP contribution >= 0.6 is 0 Å². The second-order valence-electron chi connectivity index (χ2n) is 6.94. The van der Waals surface area contributed by atoms with E-state index in [4.69, 9.17) is 4.74 Å². The van der Waals surface area contributed by atoms with Crippen molar-refractivity contribution in [2.45, 2.75) is 11.8 Å². The molecule has 0 bridgehead atoms. The summed E-state index contributed by atoms with van der Waals surface area (Å²) in [5, 5.41) is 0. The zero-order valence-electron chi connectivity index (χ0n) is 16.4. The lowest BCUT2D eigenvalue weighted by molar-refractivity contribution is -0.144. The number of benzene rings is 1. The normalized spacial score (nSPS) is 19.4. The number of carbonyl (C=O) groups excluding carboxylic acids is 3. The van der Waals surface area contributed by atoms with Crippen LogP contribution < -0.4 is 0 Å². The van der Waals surface area contributed by atoms with Crippen molar-refractivity contribution < 1.29 is 27.5 Å². The van der Waals surface area contributed by atoms with E-state index < -0.39 is 27.9 Å². The lowest BCUT2D eigenvalue weighted by Gasteiger charge is -2.35. The van der Waals surface area contributed by atoms with Crippen LogP contribution in [-0.4, -0.2) is 98.4 Å². The van der Waals surface area contributed by atoms with Crippen LogP contribution in [0.3, 0.4) is 0 Å². The predicted octanol–water partition coefficient (Wildman–Crippen LogP) is -0.304. The van der Waals surface area contributed by atoms with Gasteiger partial charge in [0.1, 0.15) is 0 Å². The smallest absolute Gasteiger partial charge is 0.335 e. The molecule has 0 unspecified atom stereocenters. The first-order valence-corrected chi connectivity index (χ1v) is 10.6. The number of amides is 4. The molecule has 0 saturated carbocycles. The monoisotopic (exact) mass is 424 g/mol. The van der Waals surface area contributed by atoms with E-state index in [1.807, 2.05) is 6.92 Å². The number of methoxy groups -OCH3 is 1. The van der Waals surface area contributed by atoms with Crippen LogP contribution in [0.5, 0.6) is 0 Å². The average Bonchev–Trinajstić information content (AvgIpc) is 2.90. The van der Waals surface area contributed by atoms with E-state index in [2.05, 4.69) is 0 Å². The molecule has 0 N–H and O–H groups in total. The van der Waals surface area contributed by atoms with Crippen LogP contribution in [0.15, 0.2) is 29.2 Å². The molecule has 158 valence electrons. The summed E-state index contributed by atoms with van der Waals surface area (Å²) in [5.74, 6) is -1.74. The molecule has 11 heteroatoms. The second kappa shape index (κ2) is 8.57. The number of sulfonamides is 1. The fourth-order valence-corrected chi connectivity index (χ4v) is 4.65. The molecule has 4 amide bonds. The molecule has 0 aliphatic carbocycles. The molecule has 10 nitrogen and oxygen atoms in total. The van der Waals surface area contributed by atoms with Gasteiger partial charge >= 0.3 is 17.8 Å². The zero-order valence-corrected chi connectivity index (χ0v) is 17.2. The number of hydrogen-bond donors (Lipinski definition) is 0. The number of piperazine rings is 1. The van der Waals surface area contributed by atoms with Gasteiger partial charge in [0, 0.05) is 33.3 Å². The third-order valence-electron chi connectivity index (χ3n) is 4.99. The minimum Gasteiger partial charge on any atom is -0.383 e. The van der Waals surface area contributed by atoms with Crippen molar-refractivity contribution in [2.75, 3.05) is 53.1 Å². The fraction of sp³-hybridized carbons (Fsp3) is 0.500. The van der Waals surface area contributed by atoms with Gasteiger partial charge in [-0.2, -0.15) is 4.31 Å². The highest BCUT2D eigenvalue weighted by Crippen LogP contribution is 2.19. The molecule has 2 aliphatic rings. The van der Waals surface area contributed by atoms with E-state index in [9.17, 15) is 22.8 Å². The number of urea groups is 1. The topological polar surface area (TPSA) is 108 Å². The molecule has 0 radical (unpaired) electrons. The van der Waals surface area contributed by atoms with Crippen LogP contribution in [0, 0.1) is 6.92 Å². The van der Waals surface area contributed by atoms with E-state index in [1.54, 1.807) is 29.2 Å². The first-order chi connectivity index (χ1) is 13.8. The molecule has 2 aliphatic heterocycles. The van der Waals surface area contributed by atoms with Gasteiger partial charge in [0.15, 0.2) is 0 Å². The minimum absolute atomic E-state index is 0.0129. The van der Waals surface area contributed by atoms with Gasteiger partial charge in [0.25, 0.3) is 0 Å². The Hall–Kier alpha value is -2.34. The summed E-state index contributed by atoms with van der Waals surface area (Å²) in [6, 6.07) is 5.99. The van der Waals surface area contributed by atoms with E-state index in [1.165, 1.54) is 11.4 Å². The van der Waals surface area contributed by atoms with Gasteiger partial charge in [-0.15, -0.1) is 0 Å². The van der Waals surface area contributed by atoms with E-state index in [0.29, 0.717) is 13.1 Å². The summed E-state index contributed by atoms with van der Waals surface area (Å²) in [7, 11) is -2.16. The summed E-state index contributed by atoms with van der Waals surface area (Å²) in [4.78, 5) is 40.3. The minimum atomic E-state index is -3.60. The van der Waals surface area contributed by atoms with E-state index in [0.717, 1.165) is 15.4 Å². The van der Waals surface area contributed by atoms with Crippen LogP contribution in [0.1, 0.15) is 5.56 Å². The Morgan fingerprint density at radius 3 is 2.10 bits per heavy atom. The molecule has 29 heavy (non-hydrogen) atoms. The van der Waals surface area contributed by atoms with Crippen molar-refractivity contribution in [1.82, 2.24) is 19.0 Å². The number of nitrogens with zero attached hydrogens (tertiary/aromatic N) is 4.